The number of halogens is 2. The van der Waals surface area contributed by atoms with Crippen LogP contribution in [-0.4, -0.2) is 75.0 Å². The number of aryl methyl sites for hydroxylation is 1. The molecule has 0 saturated carbocycles. The van der Waals surface area contributed by atoms with Crippen molar-refractivity contribution in [1.29, 1.82) is 0 Å². The third kappa shape index (κ3) is 5.99. The van der Waals surface area contributed by atoms with E-state index in [1.54, 1.807) is 29.5 Å². The van der Waals surface area contributed by atoms with Crippen molar-refractivity contribution in [2.75, 3.05) is 32.8 Å². The molecule has 2 aromatic carbocycles. The standard InChI is InChI=1S/C25H27Cl2N5O3S/c1-15-11-31(13-24-29-25(30-35-24)20-5-3-17(26)9-21(20)27)7-8-32(15)12-18(33)14-34-19-4-6-23-22(10-19)28-16(2)36-23/h3-6,9-10,15,18,33H,7-8,11-14H2,1-2H3/t15-,18?/m0/s1. The van der Waals surface area contributed by atoms with E-state index in [4.69, 9.17) is 32.5 Å². The fraction of sp³-hybridized carbons (Fsp3) is 0.400. The third-order valence-electron chi connectivity index (χ3n) is 6.20. The van der Waals surface area contributed by atoms with Crippen LogP contribution in [0.2, 0.25) is 10.0 Å². The first-order valence-electron chi connectivity index (χ1n) is 11.8. The maximum Gasteiger partial charge on any atom is 0.241 e. The second kappa shape index (κ2) is 11.0. The molecule has 3 heterocycles. The highest BCUT2D eigenvalue weighted by atomic mass is 35.5. The van der Waals surface area contributed by atoms with Crippen LogP contribution >= 0.6 is 34.5 Å². The summed E-state index contributed by atoms with van der Waals surface area (Å²) < 4.78 is 12.5. The van der Waals surface area contributed by atoms with Crippen LogP contribution < -0.4 is 4.74 Å². The number of thiazole rings is 1. The summed E-state index contributed by atoms with van der Waals surface area (Å²) in [7, 11) is 0. The zero-order valence-electron chi connectivity index (χ0n) is 20.0. The highest BCUT2D eigenvalue weighted by Gasteiger charge is 2.27. The summed E-state index contributed by atoms with van der Waals surface area (Å²) in [6, 6.07) is 11.3. The molecule has 1 fully saturated rings. The molecule has 0 aliphatic carbocycles. The van der Waals surface area contributed by atoms with E-state index < -0.39 is 6.10 Å². The van der Waals surface area contributed by atoms with Gasteiger partial charge < -0.3 is 14.4 Å². The van der Waals surface area contributed by atoms with E-state index in [9.17, 15) is 5.11 Å². The monoisotopic (exact) mass is 547 g/mol. The number of aliphatic hydroxyl groups is 1. The van der Waals surface area contributed by atoms with Gasteiger partial charge in [0.2, 0.25) is 11.7 Å². The van der Waals surface area contributed by atoms with E-state index >= 15 is 0 Å². The van der Waals surface area contributed by atoms with Gasteiger partial charge >= 0.3 is 0 Å². The summed E-state index contributed by atoms with van der Waals surface area (Å²) >= 11 is 13.9. The van der Waals surface area contributed by atoms with Gasteiger partial charge in [0.05, 0.1) is 26.8 Å². The molecule has 2 aromatic heterocycles. The van der Waals surface area contributed by atoms with Crippen LogP contribution in [0.4, 0.5) is 0 Å². The highest BCUT2D eigenvalue weighted by Crippen LogP contribution is 2.29. The van der Waals surface area contributed by atoms with Crippen LogP contribution in [0, 0.1) is 6.92 Å². The average molecular weight is 548 g/mol. The van der Waals surface area contributed by atoms with Crippen LogP contribution in [-0.2, 0) is 6.54 Å². The second-order valence-electron chi connectivity index (χ2n) is 9.04. The summed E-state index contributed by atoms with van der Waals surface area (Å²) in [5, 5.41) is 16.8. The van der Waals surface area contributed by atoms with Gasteiger partial charge in [-0.2, -0.15) is 4.98 Å². The minimum absolute atomic E-state index is 0.236. The molecular formula is C25H27Cl2N5O3S. The maximum absolute atomic E-state index is 10.6. The molecule has 0 spiro atoms. The Hall–Kier alpha value is -2.27. The van der Waals surface area contributed by atoms with Crippen molar-refractivity contribution < 1.29 is 14.4 Å². The van der Waals surface area contributed by atoms with Gasteiger partial charge in [-0.3, -0.25) is 9.80 Å². The number of hydrogen-bond donors (Lipinski definition) is 1. The first kappa shape index (κ1) is 25.4. The Morgan fingerprint density at radius 1 is 1.19 bits per heavy atom. The number of aliphatic hydroxyl groups excluding tert-OH is 1. The van der Waals surface area contributed by atoms with Crippen molar-refractivity contribution in [3.8, 4) is 17.1 Å². The molecule has 0 radical (unpaired) electrons. The van der Waals surface area contributed by atoms with Gasteiger partial charge in [0.25, 0.3) is 0 Å². The number of fused-ring (bicyclic) bond motifs is 1. The predicted octanol–water partition coefficient (Wildman–Crippen LogP) is 4.91. The average Bonchev–Trinajstić information content (AvgIpc) is 3.44. The van der Waals surface area contributed by atoms with Crippen LogP contribution in [0.15, 0.2) is 40.9 Å². The normalized spacial score (nSPS) is 18.1. The molecule has 11 heteroatoms. The summed E-state index contributed by atoms with van der Waals surface area (Å²) in [5.41, 5.74) is 1.62. The van der Waals surface area contributed by atoms with Crippen molar-refractivity contribution in [1.82, 2.24) is 24.9 Å². The summed E-state index contributed by atoms with van der Waals surface area (Å²) in [4.78, 5) is 13.6. The maximum atomic E-state index is 10.6. The highest BCUT2D eigenvalue weighted by molar-refractivity contribution is 7.18. The third-order valence-corrected chi connectivity index (χ3v) is 7.70. The van der Waals surface area contributed by atoms with Gasteiger partial charge in [-0.15, -0.1) is 11.3 Å². The molecule has 0 amide bonds. The lowest BCUT2D eigenvalue weighted by Gasteiger charge is -2.40. The zero-order chi connectivity index (χ0) is 25.2. The number of β-amino-alcohol motifs (C(OH)–C–C–N with tert-alkyl or cyclic N) is 1. The molecule has 2 atom stereocenters. The summed E-state index contributed by atoms with van der Waals surface area (Å²) in [6.45, 7) is 7.97. The topological polar surface area (TPSA) is 87.8 Å². The molecule has 1 N–H and O–H groups in total. The fourth-order valence-corrected chi connectivity index (χ4v) is 5.70. The van der Waals surface area contributed by atoms with Crippen molar-refractivity contribution in [2.45, 2.75) is 32.5 Å². The molecule has 1 aliphatic rings. The van der Waals surface area contributed by atoms with Crippen molar-refractivity contribution in [3.63, 3.8) is 0 Å². The molecule has 5 rings (SSSR count). The molecule has 8 nitrogen and oxygen atoms in total. The van der Waals surface area contributed by atoms with Gasteiger partial charge in [-0.25, -0.2) is 4.98 Å². The Kier molecular flexibility index (Phi) is 7.76. The molecule has 1 aliphatic heterocycles. The molecule has 0 bridgehead atoms. The zero-order valence-corrected chi connectivity index (χ0v) is 22.4. The van der Waals surface area contributed by atoms with Crippen LogP contribution in [0.5, 0.6) is 5.75 Å². The first-order valence-corrected chi connectivity index (χ1v) is 13.3. The number of nitrogens with zero attached hydrogens (tertiary/aromatic N) is 5. The number of piperazine rings is 1. The van der Waals surface area contributed by atoms with Crippen LogP contribution in [0.3, 0.4) is 0 Å². The number of rotatable bonds is 8. The van der Waals surface area contributed by atoms with E-state index in [0.29, 0.717) is 40.4 Å². The molecule has 190 valence electrons. The lowest BCUT2D eigenvalue weighted by molar-refractivity contribution is 0.0174. The fourth-order valence-electron chi connectivity index (χ4n) is 4.40. The molecule has 1 unspecified atom stereocenters. The number of aromatic nitrogens is 3. The Morgan fingerprint density at radius 3 is 2.86 bits per heavy atom. The Labute approximate surface area is 223 Å². The number of benzene rings is 2. The lowest BCUT2D eigenvalue weighted by Crippen LogP contribution is -2.53. The summed E-state index contributed by atoms with van der Waals surface area (Å²) in [5.74, 6) is 1.71. The largest absolute Gasteiger partial charge is 0.491 e. The minimum atomic E-state index is -0.588. The number of ether oxygens (including phenoxy) is 1. The smallest absolute Gasteiger partial charge is 0.241 e. The van der Waals surface area contributed by atoms with Crippen molar-refractivity contribution in [2.24, 2.45) is 0 Å². The molecule has 4 aromatic rings. The number of hydrogen-bond acceptors (Lipinski definition) is 9. The van der Waals surface area contributed by atoms with Gasteiger partial charge in [0.15, 0.2) is 0 Å². The van der Waals surface area contributed by atoms with Crippen LogP contribution in [0.1, 0.15) is 17.8 Å². The molecule has 36 heavy (non-hydrogen) atoms. The van der Waals surface area contributed by atoms with Crippen molar-refractivity contribution in [3.05, 3.63) is 57.3 Å². The Morgan fingerprint density at radius 2 is 2.06 bits per heavy atom. The summed E-state index contributed by atoms with van der Waals surface area (Å²) in [6.07, 6.45) is -0.588. The van der Waals surface area contributed by atoms with E-state index in [1.165, 1.54) is 0 Å². The van der Waals surface area contributed by atoms with Gasteiger partial charge in [0.1, 0.15) is 18.5 Å². The Bertz CT molecular complexity index is 1350. The van der Waals surface area contributed by atoms with E-state index in [0.717, 1.165) is 40.6 Å². The first-order chi connectivity index (χ1) is 17.3. The minimum Gasteiger partial charge on any atom is -0.491 e. The van der Waals surface area contributed by atoms with Gasteiger partial charge in [-0.05, 0) is 44.2 Å². The quantitative estimate of drug-likeness (QED) is 0.333. The molecule has 1 saturated heterocycles. The van der Waals surface area contributed by atoms with Gasteiger partial charge in [0, 0.05) is 48.9 Å². The lowest BCUT2D eigenvalue weighted by atomic mass is 10.1. The van der Waals surface area contributed by atoms with E-state index in [-0.39, 0.29) is 12.6 Å². The van der Waals surface area contributed by atoms with Crippen molar-refractivity contribution >= 4 is 44.8 Å². The second-order valence-corrected chi connectivity index (χ2v) is 11.1. The van der Waals surface area contributed by atoms with Crippen LogP contribution in [0.25, 0.3) is 21.6 Å². The van der Waals surface area contributed by atoms with E-state index in [2.05, 4.69) is 31.8 Å². The SMILES string of the molecule is Cc1nc2cc(OCC(O)CN3CCN(Cc4nc(-c5ccc(Cl)cc5Cl)no4)C[C@@H]3C)ccc2s1. The van der Waals surface area contributed by atoms with Gasteiger partial charge in [-0.1, -0.05) is 28.4 Å². The predicted molar refractivity (Wildman–Crippen MR) is 142 cm³/mol. The van der Waals surface area contributed by atoms with E-state index in [1.807, 2.05) is 25.1 Å². The Balaban J connectivity index is 1.10. The molecular weight excluding hydrogens is 521 g/mol.